The highest BCUT2D eigenvalue weighted by atomic mass is 32.2. The highest BCUT2D eigenvalue weighted by Gasteiger charge is 2.35. The number of hydrogen-bond acceptors (Lipinski definition) is 13. The summed E-state index contributed by atoms with van der Waals surface area (Å²) in [6.45, 7) is 7.65. The number of hydrogen-bond donors (Lipinski definition) is 4. The van der Waals surface area contributed by atoms with Crippen molar-refractivity contribution >= 4 is 33.1 Å². The normalized spacial score (nSPS) is 11.5. The summed E-state index contributed by atoms with van der Waals surface area (Å²) in [5.41, 5.74) is 15.7. The number of amides is 1. The molecule has 0 spiro atoms. The number of nitrogens with zero attached hydrogens (tertiary/aromatic N) is 2. The SMILES string of the molecule is Cc1ccc(C(CCCOCCOCCN)(c2ccccc2)c2ccccc2)cc1.NCCOCCOCCNC(=O)CCC(=O)Cc1nnc(S(N)(=O)=O)s1. The molecule has 14 nitrogen and oxygen atoms in total. The van der Waals surface area contributed by atoms with Gasteiger partial charge in [-0.2, -0.15) is 0 Å². The van der Waals surface area contributed by atoms with E-state index in [-0.39, 0.29) is 45.7 Å². The number of ketones is 1. The summed E-state index contributed by atoms with van der Waals surface area (Å²) in [7, 11) is -3.92. The van der Waals surface area contributed by atoms with Crippen molar-refractivity contribution in [1.82, 2.24) is 15.5 Å². The van der Waals surface area contributed by atoms with Crippen LogP contribution < -0.4 is 21.9 Å². The van der Waals surface area contributed by atoms with Crippen molar-refractivity contribution in [2.75, 3.05) is 72.5 Å². The molecule has 0 unspecified atom stereocenters. The molecule has 1 amide bonds. The standard InChI is InChI=1S/C27H33NO2.C13H23N5O6S2/c1-23-13-15-26(16-14-23)27(24-9-4-2-5-10-24,25-11-6-3-7-12-25)17-8-19-29-21-22-30-20-18-28;14-3-5-23-7-8-24-6-4-16-11(20)2-1-10(19)9-12-17-18-13(25-12)26(15,21)22/h2-7,9-16H,8,17-22,28H2,1H3;1-9,14H2,(H,16,20)(H2,15,21,22). The molecule has 3 aromatic carbocycles. The summed E-state index contributed by atoms with van der Waals surface area (Å²) in [5, 5.41) is 14.8. The number of Topliss-reactive ketones (excluding diaryl/α,β-unsaturated/α-hetero) is 1. The Morgan fingerprint density at radius 2 is 1.21 bits per heavy atom. The van der Waals surface area contributed by atoms with E-state index >= 15 is 0 Å². The highest BCUT2D eigenvalue weighted by molar-refractivity contribution is 7.91. The van der Waals surface area contributed by atoms with Gasteiger partial charge in [0, 0.05) is 44.5 Å². The van der Waals surface area contributed by atoms with Crippen LogP contribution in [0.5, 0.6) is 0 Å². The molecule has 0 bridgehead atoms. The second-order valence-corrected chi connectivity index (χ2v) is 15.5. The molecule has 0 aliphatic carbocycles. The van der Waals surface area contributed by atoms with Crippen LogP contribution in [-0.2, 0) is 50.4 Å². The smallest absolute Gasteiger partial charge is 0.267 e. The molecular formula is C40H56N6O8S2. The number of aryl methyl sites for hydroxylation is 1. The van der Waals surface area contributed by atoms with E-state index < -0.39 is 10.0 Å². The van der Waals surface area contributed by atoms with Crippen LogP contribution in [0.2, 0.25) is 0 Å². The van der Waals surface area contributed by atoms with E-state index in [0.29, 0.717) is 72.5 Å². The van der Waals surface area contributed by atoms with Gasteiger partial charge >= 0.3 is 0 Å². The summed E-state index contributed by atoms with van der Waals surface area (Å²) in [6.07, 6.45) is 1.87. The van der Waals surface area contributed by atoms with Crippen LogP contribution >= 0.6 is 11.3 Å². The zero-order chi connectivity index (χ0) is 40.5. The number of carbonyl (C=O) groups excluding carboxylic acids is 2. The molecule has 0 atom stereocenters. The maximum absolute atomic E-state index is 11.8. The van der Waals surface area contributed by atoms with Gasteiger partial charge in [0.2, 0.25) is 10.2 Å². The van der Waals surface area contributed by atoms with E-state index in [1.165, 1.54) is 22.3 Å². The fraction of sp³-hybridized carbons (Fsp3) is 0.450. The number of carbonyl (C=O) groups is 2. The lowest BCUT2D eigenvalue weighted by Gasteiger charge is -2.36. The Kier molecular flexibility index (Phi) is 21.6. The molecule has 4 aromatic rings. The predicted molar refractivity (Wildman–Crippen MR) is 217 cm³/mol. The fourth-order valence-corrected chi connectivity index (χ4v) is 7.26. The lowest BCUT2D eigenvalue weighted by Crippen LogP contribution is -2.30. The quantitative estimate of drug-likeness (QED) is 0.0530. The second kappa shape index (κ2) is 26.0. The number of nitrogens with two attached hydrogens (primary N) is 3. The van der Waals surface area contributed by atoms with Gasteiger partial charge in [-0.25, -0.2) is 13.6 Å². The minimum Gasteiger partial charge on any atom is -0.379 e. The van der Waals surface area contributed by atoms with Gasteiger partial charge < -0.3 is 35.7 Å². The van der Waals surface area contributed by atoms with Crippen molar-refractivity contribution in [2.24, 2.45) is 16.6 Å². The van der Waals surface area contributed by atoms with E-state index in [1.807, 2.05) is 0 Å². The molecular weight excluding hydrogens is 757 g/mol. The lowest BCUT2D eigenvalue weighted by atomic mass is 9.66. The Balaban J connectivity index is 0.000000304. The summed E-state index contributed by atoms with van der Waals surface area (Å²) in [6, 6.07) is 30.6. The summed E-state index contributed by atoms with van der Waals surface area (Å²) in [4.78, 5) is 23.4. The number of aromatic nitrogens is 2. The number of primary sulfonamides is 1. The highest BCUT2D eigenvalue weighted by Crippen LogP contribution is 2.43. The van der Waals surface area contributed by atoms with Crippen molar-refractivity contribution in [3.63, 3.8) is 0 Å². The first-order valence-corrected chi connectivity index (χ1v) is 21.0. The first-order chi connectivity index (χ1) is 27.1. The molecule has 0 radical (unpaired) electrons. The minimum absolute atomic E-state index is 0.0178. The van der Waals surface area contributed by atoms with Crippen molar-refractivity contribution < 1.29 is 37.0 Å². The molecule has 1 aromatic heterocycles. The van der Waals surface area contributed by atoms with Crippen LogP contribution in [0.3, 0.4) is 0 Å². The maximum atomic E-state index is 11.8. The molecule has 0 fully saturated rings. The van der Waals surface area contributed by atoms with E-state index in [2.05, 4.69) is 107 Å². The van der Waals surface area contributed by atoms with Crippen molar-refractivity contribution in [3.8, 4) is 0 Å². The van der Waals surface area contributed by atoms with Crippen molar-refractivity contribution in [3.05, 3.63) is 112 Å². The zero-order valence-electron chi connectivity index (χ0n) is 32.1. The Hall–Kier alpha value is -3.97. The average Bonchev–Trinajstić information content (AvgIpc) is 3.68. The Bertz CT molecular complexity index is 1760. The lowest BCUT2D eigenvalue weighted by molar-refractivity contribution is -0.125. The number of rotatable bonds is 26. The van der Waals surface area contributed by atoms with Gasteiger partial charge in [-0.05, 0) is 36.5 Å². The van der Waals surface area contributed by atoms with Crippen molar-refractivity contribution in [2.45, 2.75) is 48.8 Å². The van der Waals surface area contributed by atoms with Crippen molar-refractivity contribution in [1.29, 1.82) is 0 Å². The Morgan fingerprint density at radius 1 is 0.696 bits per heavy atom. The van der Waals surface area contributed by atoms with Crippen LogP contribution in [0.4, 0.5) is 0 Å². The van der Waals surface area contributed by atoms with Gasteiger partial charge in [0.05, 0.1) is 52.7 Å². The van der Waals surface area contributed by atoms with Gasteiger partial charge in [0.25, 0.3) is 10.0 Å². The van der Waals surface area contributed by atoms with E-state index in [9.17, 15) is 18.0 Å². The van der Waals surface area contributed by atoms with E-state index in [1.54, 1.807) is 0 Å². The van der Waals surface area contributed by atoms with Crippen LogP contribution in [-0.4, -0.2) is 103 Å². The fourth-order valence-electron chi connectivity index (χ4n) is 5.75. The maximum Gasteiger partial charge on any atom is 0.267 e. The van der Waals surface area contributed by atoms with Crippen LogP contribution in [0.25, 0.3) is 0 Å². The minimum atomic E-state index is -3.92. The third-order valence-corrected chi connectivity index (χ3v) is 10.7. The summed E-state index contributed by atoms with van der Waals surface area (Å²) in [5.74, 6) is -0.519. The predicted octanol–water partition coefficient (Wildman–Crippen LogP) is 3.29. The number of sulfonamides is 1. The number of benzene rings is 3. The molecule has 4 rings (SSSR count). The molecule has 0 saturated carbocycles. The molecule has 0 aliphatic heterocycles. The Labute approximate surface area is 334 Å². The molecule has 1 heterocycles. The molecule has 0 aliphatic rings. The molecule has 0 saturated heterocycles. The third kappa shape index (κ3) is 16.6. The van der Waals surface area contributed by atoms with Crippen LogP contribution in [0.15, 0.2) is 89.3 Å². The molecule has 56 heavy (non-hydrogen) atoms. The monoisotopic (exact) mass is 812 g/mol. The Morgan fingerprint density at radius 3 is 1.73 bits per heavy atom. The first kappa shape index (κ1) is 46.4. The van der Waals surface area contributed by atoms with Gasteiger partial charge in [-0.1, -0.05) is 102 Å². The number of nitrogens with one attached hydrogen (secondary N) is 1. The van der Waals surface area contributed by atoms with Crippen LogP contribution in [0.1, 0.15) is 52.9 Å². The van der Waals surface area contributed by atoms with Gasteiger partial charge in [-0.15, -0.1) is 10.2 Å². The topological polar surface area (TPSA) is 221 Å². The van der Waals surface area contributed by atoms with E-state index in [0.717, 1.165) is 24.2 Å². The van der Waals surface area contributed by atoms with Gasteiger partial charge in [0.1, 0.15) is 10.8 Å². The van der Waals surface area contributed by atoms with Gasteiger partial charge in [0.15, 0.2) is 0 Å². The molecule has 306 valence electrons. The third-order valence-electron chi connectivity index (χ3n) is 8.43. The van der Waals surface area contributed by atoms with Crippen LogP contribution in [0, 0.1) is 6.92 Å². The zero-order valence-corrected chi connectivity index (χ0v) is 33.7. The summed E-state index contributed by atoms with van der Waals surface area (Å²) < 4.78 is 43.4. The average molecular weight is 813 g/mol. The number of ether oxygens (including phenoxy) is 4. The summed E-state index contributed by atoms with van der Waals surface area (Å²) >= 11 is 0.738. The van der Waals surface area contributed by atoms with E-state index in [4.69, 9.17) is 35.6 Å². The largest absolute Gasteiger partial charge is 0.379 e. The molecule has 7 N–H and O–H groups in total. The molecule has 16 heteroatoms. The second-order valence-electron chi connectivity index (χ2n) is 12.7. The van der Waals surface area contributed by atoms with Gasteiger partial charge in [-0.3, -0.25) is 9.59 Å². The first-order valence-electron chi connectivity index (χ1n) is 18.6.